The molecule has 0 spiro atoms. The van der Waals surface area contributed by atoms with Gasteiger partial charge in [0.1, 0.15) is 5.70 Å². The van der Waals surface area contributed by atoms with Gasteiger partial charge in [0.05, 0.1) is 31.1 Å². The van der Waals surface area contributed by atoms with Gasteiger partial charge in [-0.25, -0.2) is 24.1 Å². The number of nitrogens with zero attached hydrogens (tertiary/aromatic N) is 4. The number of fused-ring (bicyclic) bond motifs is 1. The summed E-state index contributed by atoms with van der Waals surface area (Å²) >= 11 is 0. The van der Waals surface area contributed by atoms with Crippen LogP contribution in [0.1, 0.15) is 54.6 Å². The third-order valence-electron chi connectivity index (χ3n) is 4.88. The summed E-state index contributed by atoms with van der Waals surface area (Å²) in [6, 6.07) is 1.51. The first kappa shape index (κ1) is 27.0. The van der Waals surface area contributed by atoms with E-state index in [-0.39, 0.29) is 25.1 Å². The summed E-state index contributed by atoms with van der Waals surface area (Å²) in [5.41, 5.74) is 6.15. The fourth-order valence-electron chi connectivity index (χ4n) is 3.09. The van der Waals surface area contributed by atoms with Crippen LogP contribution < -0.4 is 16.9 Å². The van der Waals surface area contributed by atoms with Crippen molar-refractivity contribution in [2.24, 2.45) is 11.6 Å². The number of hydrazine groups is 1. The molecule has 9 nitrogen and oxygen atoms in total. The Hall–Kier alpha value is -3.29. The van der Waals surface area contributed by atoms with Gasteiger partial charge in [0.2, 0.25) is 5.92 Å². The van der Waals surface area contributed by atoms with E-state index in [0.29, 0.717) is 41.0 Å². The summed E-state index contributed by atoms with van der Waals surface area (Å²) < 4.78 is 62.5. The number of imidazole rings is 1. The first-order chi connectivity index (χ1) is 15.9. The van der Waals surface area contributed by atoms with E-state index in [1.165, 1.54) is 23.0 Å². The topological polar surface area (TPSA) is 132 Å². The number of carbonyl (C=O) groups is 2. The van der Waals surface area contributed by atoms with Gasteiger partial charge >= 0.3 is 6.18 Å². The van der Waals surface area contributed by atoms with E-state index in [4.69, 9.17) is 11.6 Å². The lowest BCUT2D eigenvalue weighted by Gasteiger charge is -2.21. The van der Waals surface area contributed by atoms with Gasteiger partial charge in [-0.05, 0) is 18.9 Å². The summed E-state index contributed by atoms with van der Waals surface area (Å²) in [5, 5.41) is 7.05. The summed E-state index contributed by atoms with van der Waals surface area (Å²) in [7, 11) is 0. The van der Waals surface area contributed by atoms with Gasteiger partial charge in [-0.15, -0.1) is 0 Å². The van der Waals surface area contributed by atoms with Crippen LogP contribution in [0.5, 0.6) is 0 Å². The number of amides is 1. The van der Waals surface area contributed by atoms with Crippen LogP contribution in [-0.4, -0.2) is 50.4 Å². The second-order valence-electron chi connectivity index (χ2n) is 7.65. The standard InChI is InChI=1S/C14H16F3N7O2.C6H10F2/c15-14(16,17)1-2-23(19)11(4-18)13(26)20-6-10-7-24-12(22-10)3-9(8-25)5-21-24;7-6(8)4-2-1-3-5-6/h3-5,7-8H,1-2,6,18-19H2,(H,20,26);1-5H2/b11-4-;. The highest BCUT2D eigenvalue weighted by molar-refractivity contribution is 5.92. The van der Waals surface area contributed by atoms with Crippen LogP contribution in [-0.2, 0) is 11.3 Å². The van der Waals surface area contributed by atoms with Crippen LogP contribution in [0, 0.1) is 0 Å². The lowest BCUT2D eigenvalue weighted by atomic mass is 9.97. The number of alkyl halides is 5. The molecule has 34 heavy (non-hydrogen) atoms. The van der Waals surface area contributed by atoms with Crippen LogP contribution in [0.2, 0.25) is 0 Å². The molecule has 14 heteroatoms. The summed E-state index contributed by atoms with van der Waals surface area (Å²) in [4.78, 5) is 27.0. The Bertz CT molecular complexity index is 999. The average Bonchev–Trinajstić information content (AvgIpc) is 3.18. The van der Waals surface area contributed by atoms with Gasteiger partial charge in [0.25, 0.3) is 5.91 Å². The average molecular weight is 491 g/mol. The van der Waals surface area contributed by atoms with Crippen molar-refractivity contribution < 1.29 is 31.5 Å². The summed E-state index contributed by atoms with van der Waals surface area (Å²) in [5.74, 6) is 2.39. The SMILES string of the molecule is FC1(F)CCCCC1.N/C=C(/C(=O)NCc1cn2ncc(C=O)cc2n1)N(N)CCC(F)(F)F. The van der Waals surface area contributed by atoms with Crippen molar-refractivity contribution in [1.29, 1.82) is 0 Å². The lowest BCUT2D eigenvalue weighted by molar-refractivity contribution is -0.138. The van der Waals surface area contributed by atoms with Crippen molar-refractivity contribution in [3.8, 4) is 0 Å². The molecule has 0 unspecified atom stereocenters. The Morgan fingerprint density at radius 2 is 1.94 bits per heavy atom. The Kier molecular flexibility index (Phi) is 9.29. The second-order valence-corrected chi connectivity index (χ2v) is 7.65. The van der Waals surface area contributed by atoms with Crippen LogP contribution in [0.3, 0.4) is 0 Å². The van der Waals surface area contributed by atoms with Gasteiger partial charge in [-0.3, -0.25) is 9.59 Å². The highest BCUT2D eigenvalue weighted by atomic mass is 19.4. The fraction of sp³-hybridized carbons (Fsp3) is 0.500. The monoisotopic (exact) mass is 491 g/mol. The quantitative estimate of drug-likeness (QED) is 0.178. The molecule has 1 aliphatic rings. The molecule has 0 atom stereocenters. The molecule has 1 amide bonds. The minimum absolute atomic E-state index is 0.0386. The van der Waals surface area contributed by atoms with Crippen LogP contribution in [0.15, 0.2) is 30.4 Å². The summed E-state index contributed by atoms with van der Waals surface area (Å²) in [6.07, 6.45) is 1.40. The first-order valence-corrected chi connectivity index (χ1v) is 10.4. The zero-order valence-electron chi connectivity index (χ0n) is 18.2. The second kappa shape index (κ2) is 11.7. The predicted octanol–water partition coefficient (Wildman–Crippen LogP) is 2.67. The molecular weight excluding hydrogens is 465 g/mol. The van der Waals surface area contributed by atoms with E-state index in [1.54, 1.807) is 0 Å². The number of hydrogen-bond acceptors (Lipinski definition) is 7. The van der Waals surface area contributed by atoms with E-state index >= 15 is 0 Å². The predicted molar refractivity (Wildman–Crippen MR) is 112 cm³/mol. The van der Waals surface area contributed by atoms with Crippen LogP contribution >= 0.6 is 0 Å². The molecule has 0 saturated heterocycles. The Labute approximate surface area is 191 Å². The molecular formula is C20H26F5N7O2. The number of rotatable bonds is 7. The third-order valence-corrected chi connectivity index (χ3v) is 4.88. The molecule has 2 heterocycles. The van der Waals surface area contributed by atoms with E-state index in [9.17, 15) is 31.5 Å². The zero-order valence-corrected chi connectivity index (χ0v) is 18.2. The number of hydrogen-bond donors (Lipinski definition) is 3. The first-order valence-electron chi connectivity index (χ1n) is 10.4. The molecule has 0 bridgehead atoms. The highest BCUT2D eigenvalue weighted by Gasteiger charge is 2.30. The Morgan fingerprint density at radius 3 is 2.47 bits per heavy atom. The molecule has 1 aliphatic carbocycles. The lowest BCUT2D eigenvalue weighted by Crippen LogP contribution is -2.41. The van der Waals surface area contributed by atoms with Crippen LogP contribution in [0.25, 0.3) is 5.65 Å². The maximum Gasteiger partial charge on any atom is 0.390 e. The van der Waals surface area contributed by atoms with Crippen LogP contribution in [0.4, 0.5) is 22.0 Å². The van der Waals surface area contributed by atoms with Gasteiger partial charge in [0.15, 0.2) is 11.9 Å². The molecule has 0 aromatic carbocycles. The zero-order chi connectivity index (χ0) is 25.4. The van der Waals surface area contributed by atoms with E-state index in [2.05, 4.69) is 15.4 Å². The maximum absolute atomic E-state index is 12.2. The van der Waals surface area contributed by atoms with Gasteiger partial charge < -0.3 is 16.1 Å². The molecule has 188 valence electrons. The van der Waals surface area contributed by atoms with Gasteiger partial charge in [0, 0.05) is 31.1 Å². The largest absolute Gasteiger partial charge is 0.403 e. The molecule has 2 aromatic heterocycles. The molecule has 3 rings (SSSR count). The van der Waals surface area contributed by atoms with E-state index < -0.39 is 31.0 Å². The Balaban J connectivity index is 0.000000430. The van der Waals surface area contributed by atoms with Crippen molar-refractivity contribution in [2.75, 3.05) is 6.54 Å². The smallest absolute Gasteiger partial charge is 0.390 e. The normalized spacial score (nSPS) is 15.9. The maximum atomic E-state index is 12.2. The molecule has 5 N–H and O–H groups in total. The number of nitrogens with two attached hydrogens (primary N) is 2. The highest BCUT2D eigenvalue weighted by Crippen LogP contribution is 2.32. The van der Waals surface area contributed by atoms with Crippen molar-refractivity contribution in [3.05, 3.63) is 41.6 Å². The van der Waals surface area contributed by atoms with Crippen molar-refractivity contribution in [2.45, 2.75) is 57.2 Å². The molecule has 1 fully saturated rings. The number of halogens is 5. The minimum atomic E-state index is -4.41. The number of carbonyl (C=O) groups excluding carboxylic acids is 2. The van der Waals surface area contributed by atoms with Crippen molar-refractivity contribution >= 4 is 17.8 Å². The Morgan fingerprint density at radius 1 is 1.26 bits per heavy atom. The number of aromatic nitrogens is 3. The number of aldehydes is 1. The van der Waals surface area contributed by atoms with Gasteiger partial charge in [-0.1, -0.05) is 6.42 Å². The number of nitrogens with one attached hydrogen (secondary N) is 1. The molecule has 0 aliphatic heterocycles. The minimum Gasteiger partial charge on any atom is -0.403 e. The molecule has 1 saturated carbocycles. The van der Waals surface area contributed by atoms with Crippen molar-refractivity contribution in [1.82, 2.24) is 24.9 Å². The van der Waals surface area contributed by atoms with Gasteiger partial charge in [-0.2, -0.15) is 18.3 Å². The molecule has 2 aromatic rings. The third kappa shape index (κ3) is 8.57. The fourth-order valence-corrected chi connectivity index (χ4v) is 3.09. The van der Waals surface area contributed by atoms with E-state index in [1.807, 2.05) is 0 Å². The molecule has 0 radical (unpaired) electrons. The summed E-state index contributed by atoms with van der Waals surface area (Å²) in [6.45, 7) is -0.657. The van der Waals surface area contributed by atoms with E-state index in [0.717, 1.165) is 12.6 Å². The van der Waals surface area contributed by atoms with Crippen molar-refractivity contribution in [3.63, 3.8) is 0 Å².